The molecule has 0 amide bonds. The molecule has 0 aliphatic rings. The molecule has 0 fully saturated rings. The molecule has 0 spiro atoms. The molecule has 114 valence electrons. The number of benzene rings is 1. The smallest absolute Gasteiger partial charge is 0.149 e. The zero-order valence-electron chi connectivity index (χ0n) is 13.1. The van der Waals surface area contributed by atoms with Gasteiger partial charge in [0.05, 0.1) is 11.2 Å². The highest BCUT2D eigenvalue weighted by Crippen LogP contribution is 2.36. The molecule has 2 aromatic rings. The van der Waals surface area contributed by atoms with E-state index in [4.69, 9.17) is 5.73 Å². The second-order valence-electron chi connectivity index (χ2n) is 5.22. The van der Waals surface area contributed by atoms with Crippen LogP contribution in [-0.4, -0.2) is 39.2 Å². The Morgan fingerprint density at radius 2 is 1.95 bits per heavy atom. The highest BCUT2D eigenvalue weighted by Gasteiger charge is 2.15. The van der Waals surface area contributed by atoms with Gasteiger partial charge >= 0.3 is 0 Å². The van der Waals surface area contributed by atoms with Gasteiger partial charge in [0, 0.05) is 26.0 Å². The van der Waals surface area contributed by atoms with E-state index in [0.717, 1.165) is 48.2 Å². The number of aromatic nitrogens is 1. The van der Waals surface area contributed by atoms with Gasteiger partial charge in [-0.25, -0.2) is 4.98 Å². The van der Waals surface area contributed by atoms with Gasteiger partial charge in [-0.15, -0.1) is 0 Å². The minimum atomic E-state index is 0.549. The Morgan fingerprint density at radius 1 is 1.19 bits per heavy atom. The number of unbranched alkanes of at least 4 members (excludes halogenated alkanes) is 1. The summed E-state index contributed by atoms with van der Waals surface area (Å²) in [6, 6.07) is 8.13. The fourth-order valence-electron chi connectivity index (χ4n) is 2.62. The van der Waals surface area contributed by atoms with Crippen LogP contribution in [0.3, 0.4) is 0 Å². The first-order valence-electron chi connectivity index (χ1n) is 7.40. The van der Waals surface area contributed by atoms with E-state index in [-0.39, 0.29) is 0 Å². The van der Waals surface area contributed by atoms with E-state index in [1.807, 2.05) is 32.3 Å². The number of nitrogens with zero attached hydrogens (tertiary/aromatic N) is 2. The van der Waals surface area contributed by atoms with Crippen molar-refractivity contribution in [2.24, 2.45) is 0 Å². The third-order valence-corrected chi connectivity index (χ3v) is 3.70. The summed E-state index contributed by atoms with van der Waals surface area (Å²) in [4.78, 5) is 6.74. The van der Waals surface area contributed by atoms with Gasteiger partial charge in [-0.3, -0.25) is 0 Å². The van der Waals surface area contributed by atoms with E-state index >= 15 is 0 Å². The molecule has 1 aromatic heterocycles. The molecule has 5 heteroatoms. The molecular formula is C16H25N5. The van der Waals surface area contributed by atoms with E-state index < -0.39 is 0 Å². The van der Waals surface area contributed by atoms with Gasteiger partial charge in [0.2, 0.25) is 0 Å². The maximum Gasteiger partial charge on any atom is 0.149 e. The quantitative estimate of drug-likeness (QED) is 0.682. The standard InChI is InChI=1S/C16H25N5/c1-18-10-6-7-11-21(3)15-12-8-4-5-9-13(12)20-16(17)14(15)19-2/h4-5,8-9,18-19H,6-7,10-11H2,1-3H3,(H2,17,20). The van der Waals surface area contributed by atoms with E-state index in [0.29, 0.717) is 5.82 Å². The molecule has 0 saturated heterocycles. The Bertz CT molecular complexity index is 596. The second kappa shape index (κ2) is 7.13. The van der Waals surface area contributed by atoms with Crippen molar-refractivity contribution in [2.45, 2.75) is 12.8 Å². The fraction of sp³-hybridized carbons (Fsp3) is 0.438. The summed E-state index contributed by atoms with van der Waals surface area (Å²) in [5.41, 5.74) is 9.07. The van der Waals surface area contributed by atoms with Gasteiger partial charge in [0.15, 0.2) is 0 Å². The summed E-state index contributed by atoms with van der Waals surface area (Å²) < 4.78 is 0. The number of pyridine rings is 1. The molecule has 0 bridgehead atoms. The van der Waals surface area contributed by atoms with Crippen LogP contribution in [0.2, 0.25) is 0 Å². The lowest BCUT2D eigenvalue weighted by Gasteiger charge is -2.25. The number of nitrogens with two attached hydrogens (primary N) is 1. The van der Waals surface area contributed by atoms with Crippen molar-refractivity contribution in [3.05, 3.63) is 24.3 Å². The molecule has 0 unspecified atom stereocenters. The maximum absolute atomic E-state index is 6.10. The second-order valence-corrected chi connectivity index (χ2v) is 5.22. The Morgan fingerprint density at radius 3 is 2.67 bits per heavy atom. The normalized spacial score (nSPS) is 10.8. The lowest BCUT2D eigenvalue weighted by Crippen LogP contribution is -2.22. The average Bonchev–Trinajstić information content (AvgIpc) is 2.50. The van der Waals surface area contributed by atoms with Crippen molar-refractivity contribution in [3.63, 3.8) is 0 Å². The van der Waals surface area contributed by atoms with E-state index in [2.05, 4.69) is 33.6 Å². The summed E-state index contributed by atoms with van der Waals surface area (Å²) in [5.74, 6) is 0.549. The molecule has 2 rings (SSSR count). The van der Waals surface area contributed by atoms with E-state index in [9.17, 15) is 0 Å². The van der Waals surface area contributed by atoms with Crippen LogP contribution < -0.4 is 21.3 Å². The molecule has 0 saturated carbocycles. The van der Waals surface area contributed by atoms with E-state index in [1.54, 1.807) is 0 Å². The minimum Gasteiger partial charge on any atom is -0.383 e. The highest BCUT2D eigenvalue weighted by molar-refractivity contribution is 6.01. The van der Waals surface area contributed by atoms with E-state index in [1.165, 1.54) is 0 Å². The van der Waals surface area contributed by atoms with Crippen LogP contribution in [-0.2, 0) is 0 Å². The largest absolute Gasteiger partial charge is 0.383 e. The summed E-state index contributed by atoms with van der Waals surface area (Å²) in [7, 11) is 5.99. The Kier molecular flexibility index (Phi) is 5.22. The van der Waals surface area contributed by atoms with Crippen LogP contribution in [0.4, 0.5) is 17.2 Å². The number of rotatable bonds is 7. The van der Waals surface area contributed by atoms with Crippen LogP contribution in [0.5, 0.6) is 0 Å². The average molecular weight is 287 g/mol. The monoisotopic (exact) mass is 287 g/mol. The lowest BCUT2D eigenvalue weighted by atomic mass is 10.1. The Hall–Kier alpha value is -2.01. The predicted octanol–water partition coefficient (Wildman–Crippen LogP) is 2.29. The SMILES string of the molecule is CNCCCCN(C)c1c(NC)c(N)nc2ccccc12. The lowest BCUT2D eigenvalue weighted by molar-refractivity contribution is 0.672. The number of fused-ring (bicyclic) bond motifs is 1. The van der Waals surface area contributed by atoms with Crippen molar-refractivity contribution in [1.29, 1.82) is 0 Å². The topological polar surface area (TPSA) is 66.2 Å². The summed E-state index contributed by atoms with van der Waals surface area (Å²) in [5, 5.41) is 7.51. The van der Waals surface area contributed by atoms with Crippen LogP contribution in [0.1, 0.15) is 12.8 Å². The molecule has 4 N–H and O–H groups in total. The summed E-state index contributed by atoms with van der Waals surface area (Å²) in [6.07, 6.45) is 2.30. The van der Waals surface area contributed by atoms with Crippen LogP contribution in [0.15, 0.2) is 24.3 Å². The Labute approximate surface area is 126 Å². The third kappa shape index (κ3) is 3.36. The van der Waals surface area contributed by atoms with Gasteiger partial charge in [0.1, 0.15) is 11.5 Å². The van der Waals surface area contributed by atoms with Gasteiger partial charge in [-0.05, 0) is 32.5 Å². The molecule has 21 heavy (non-hydrogen) atoms. The van der Waals surface area contributed by atoms with Crippen molar-refractivity contribution in [1.82, 2.24) is 10.3 Å². The zero-order chi connectivity index (χ0) is 15.2. The molecule has 0 atom stereocenters. The Balaban J connectivity index is 2.35. The molecule has 5 nitrogen and oxygen atoms in total. The molecule has 1 aromatic carbocycles. The van der Waals surface area contributed by atoms with Crippen LogP contribution >= 0.6 is 0 Å². The number of nitrogen functional groups attached to an aromatic ring is 1. The van der Waals surface area contributed by atoms with Gasteiger partial charge in [-0.2, -0.15) is 0 Å². The van der Waals surface area contributed by atoms with Crippen molar-refractivity contribution >= 4 is 28.1 Å². The first-order chi connectivity index (χ1) is 10.2. The van der Waals surface area contributed by atoms with Crippen LogP contribution in [0, 0.1) is 0 Å². The number of nitrogens with one attached hydrogen (secondary N) is 2. The molecule has 0 aliphatic carbocycles. The van der Waals surface area contributed by atoms with Crippen LogP contribution in [0.25, 0.3) is 10.9 Å². The van der Waals surface area contributed by atoms with Gasteiger partial charge < -0.3 is 21.3 Å². The fourth-order valence-corrected chi connectivity index (χ4v) is 2.62. The number of anilines is 3. The predicted molar refractivity (Wildman–Crippen MR) is 92.1 cm³/mol. The molecular weight excluding hydrogens is 262 g/mol. The first kappa shape index (κ1) is 15.4. The van der Waals surface area contributed by atoms with Crippen molar-refractivity contribution < 1.29 is 0 Å². The maximum atomic E-state index is 6.10. The summed E-state index contributed by atoms with van der Waals surface area (Å²) in [6.45, 7) is 2.04. The molecule has 0 radical (unpaired) electrons. The van der Waals surface area contributed by atoms with Crippen molar-refractivity contribution in [2.75, 3.05) is 50.2 Å². The third-order valence-electron chi connectivity index (χ3n) is 3.70. The number of hydrogen-bond donors (Lipinski definition) is 3. The summed E-state index contributed by atoms with van der Waals surface area (Å²) >= 11 is 0. The van der Waals surface area contributed by atoms with Crippen molar-refractivity contribution in [3.8, 4) is 0 Å². The molecule has 0 aliphatic heterocycles. The highest BCUT2D eigenvalue weighted by atomic mass is 15.1. The minimum absolute atomic E-state index is 0.549. The van der Waals surface area contributed by atoms with Gasteiger partial charge in [-0.1, -0.05) is 18.2 Å². The number of para-hydroxylation sites is 1. The first-order valence-corrected chi connectivity index (χ1v) is 7.40. The zero-order valence-corrected chi connectivity index (χ0v) is 13.1. The number of hydrogen-bond acceptors (Lipinski definition) is 5. The van der Waals surface area contributed by atoms with Gasteiger partial charge in [0.25, 0.3) is 0 Å². The molecule has 1 heterocycles.